The highest BCUT2D eigenvalue weighted by atomic mass is 16.5. The Labute approximate surface area is 179 Å². The second-order valence-corrected chi connectivity index (χ2v) is 8.02. The van der Waals surface area contributed by atoms with Crippen molar-refractivity contribution in [2.24, 2.45) is 0 Å². The van der Waals surface area contributed by atoms with E-state index in [1.165, 1.54) is 12.8 Å². The third-order valence-electron chi connectivity index (χ3n) is 5.85. The second kappa shape index (κ2) is 10.1. The van der Waals surface area contributed by atoms with Crippen LogP contribution in [0.4, 0.5) is 5.95 Å². The van der Waals surface area contributed by atoms with Crippen LogP contribution in [0.2, 0.25) is 0 Å². The van der Waals surface area contributed by atoms with Gasteiger partial charge in [0.05, 0.1) is 26.0 Å². The van der Waals surface area contributed by atoms with Gasteiger partial charge in [0.15, 0.2) is 0 Å². The average Bonchev–Trinajstić information content (AvgIpc) is 3.48. The van der Waals surface area contributed by atoms with E-state index < -0.39 is 0 Å². The molecule has 0 aliphatic carbocycles. The monoisotopic (exact) mass is 412 g/mol. The van der Waals surface area contributed by atoms with Crippen molar-refractivity contribution >= 4 is 5.95 Å². The Morgan fingerprint density at radius 3 is 2.70 bits per heavy atom. The summed E-state index contributed by atoms with van der Waals surface area (Å²) in [7, 11) is 3.38. The zero-order valence-electron chi connectivity index (χ0n) is 18.0. The Kier molecular flexibility index (Phi) is 7.02. The maximum atomic E-state index is 5.92. The van der Waals surface area contributed by atoms with Crippen LogP contribution in [-0.2, 0) is 17.8 Å². The molecule has 2 aliphatic rings. The number of nitrogens with zero attached hydrogens (tertiary/aromatic N) is 4. The molecule has 7 heteroatoms. The van der Waals surface area contributed by atoms with Gasteiger partial charge in [-0.1, -0.05) is 6.07 Å². The number of benzene rings is 1. The molecule has 30 heavy (non-hydrogen) atoms. The van der Waals surface area contributed by atoms with Crippen molar-refractivity contribution in [1.29, 1.82) is 0 Å². The standard InChI is InChI=1S/C23H32N4O3/c1-28-20-8-7-18(22(14-20)29-2)15-26(17-21-6-5-13-30-21)16-19-9-10-24-23(25-19)27-11-3-4-12-27/h7-10,14,21H,3-6,11-13,15-17H2,1-2H3/t21-/m1/s1. The molecule has 1 aromatic carbocycles. The highest BCUT2D eigenvalue weighted by Crippen LogP contribution is 2.27. The molecule has 1 aromatic heterocycles. The van der Waals surface area contributed by atoms with Crippen LogP contribution in [0.25, 0.3) is 0 Å². The number of hydrogen-bond donors (Lipinski definition) is 0. The van der Waals surface area contributed by atoms with Crippen LogP contribution in [0.5, 0.6) is 11.5 Å². The molecule has 0 unspecified atom stereocenters. The SMILES string of the molecule is COc1ccc(CN(Cc2ccnc(N3CCCC3)n2)C[C@H]2CCCO2)c(OC)c1. The molecular weight excluding hydrogens is 380 g/mol. The molecular formula is C23H32N4O3. The number of rotatable bonds is 9. The molecule has 0 spiro atoms. The van der Waals surface area contributed by atoms with E-state index in [0.717, 1.165) is 80.9 Å². The Morgan fingerprint density at radius 1 is 1.10 bits per heavy atom. The predicted molar refractivity (Wildman–Crippen MR) is 116 cm³/mol. The first-order chi connectivity index (χ1) is 14.7. The molecule has 0 bridgehead atoms. The fraction of sp³-hybridized carbons (Fsp3) is 0.565. The van der Waals surface area contributed by atoms with Gasteiger partial charge < -0.3 is 19.1 Å². The molecule has 4 rings (SSSR count). The van der Waals surface area contributed by atoms with Gasteiger partial charge in [0.2, 0.25) is 5.95 Å². The lowest BCUT2D eigenvalue weighted by molar-refractivity contribution is 0.0672. The summed E-state index contributed by atoms with van der Waals surface area (Å²) in [4.78, 5) is 14.0. The number of aromatic nitrogens is 2. The minimum absolute atomic E-state index is 0.272. The van der Waals surface area contributed by atoms with Gasteiger partial charge in [-0.3, -0.25) is 4.90 Å². The molecule has 0 N–H and O–H groups in total. The molecule has 2 aromatic rings. The molecule has 162 valence electrons. The van der Waals surface area contributed by atoms with Gasteiger partial charge in [0.25, 0.3) is 0 Å². The highest BCUT2D eigenvalue weighted by Gasteiger charge is 2.22. The normalized spacial score (nSPS) is 18.9. The first-order valence-electron chi connectivity index (χ1n) is 10.9. The quantitative estimate of drug-likeness (QED) is 0.626. The molecule has 7 nitrogen and oxygen atoms in total. The zero-order valence-corrected chi connectivity index (χ0v) is 18.0. The van der Waals surface area contributed by atoms with Crippen LogP contribution >= 0.6 is 0 Å². The van der Waals surface area contributed by atoms with Crippen molar-refractivity contribution in [2.75, 3.05) is 45.4 Å². The summed E-state index contributed by atoms with van der Waals surface area (Å²) in [5.41, 5.74) is 2.17. The number of ether oxygens (including phenoxy) is 3. The van der Waals surface area contributed by atoms with E-state index in [2.05, 4.69) is 20.9 Å². The Morgan fingerprint density at radius 2 is 1.97 bits per heavy atom. The van der Waals surface area contributed by atoms with Gasteiger partial charge in [-0.05, 0) is 37.8 Å². The van der Waals surface area contributed by atoms with Gasteiger partial charge >= 0.3 is 0 Å². The minimum Gasteiger partial charge on any atom is -0.497 e. The number of methoxy groups -OCH3 is 2. The van der Waals surface area contributed by atoms with E-state index in [0.29, 0.717) is 0 Å². The Balaban J connectivity index is 1.52. The summed E-state index contributed by atoms with van der Waals surface area (Å²) in [5.74, 6) is 2.49. The van der Waals surface area contributed by atoms with Crippen LogP contribution in [0.15, 0.2) is 30.5 Å². The maximum absolute atomic E-state index is 5.92. The van der Waals surface area contributed by atoms with Gasteiger partial charge in [-0.25, -0.2) is 9.97 Å². The Hall–Kier alpha value is -2.38. The summed E-state index contributed by atoms with van der Waals surface area (Å²) < 4.78 is 16.9. The first kappa shape index (κ1) is 20.9. The summed E-state index contributed by atoms with van der Waals surface area (Å²) in [6, 6.07) is 8.02. The van der Waals surface area contributed by atoms with Gasteiger partial charge in [-0.15, -0.1) is 0 Å². The topological polar surface area (TPSA) is 60.0 Å². The molecule has 1 atom stereocenters. The average molecular weight is 413 g/mol. The predicted octanol–water partition coefficient (Wildman–Crippen LogP) is 3.28. The zero-order chi connectivity index (χ0) is 20.8. The van der Waals surface area contributed by atoms with E-state index in [1.807, 2.05) is 24.4 Å². The van der Waals surface area contributed by atoms with Gasteiger partial charge in [0, 0.05) is 57.2 Å². The van der Waals surface area contributed by atoms with Crippen molar-refractivity contribution in [2.45, 2.75) is 44.9 Å². The fourth-order valence-electron chi connectivity index (χ4n) is 4.26. The van der Waals surface area contributed by atoms with Crippen molar-refractivity contribution < 1.29 is 14.2 Å². The van der Waals surface area contributed by atoms with Crippen LogP contribution in [0.3, 0.4) is 0 Å². The van der Waals surface area contributed by atoms with Crippen molar-refractivity contribution in [3.8, 4) is 11.5 Å². The molecule has 2 fully saturated rings. The third kappa shape index (κ3) is 5.21. The highest BCUT2D eigenvalue weighted by molar-refractivity contribution is 5.40. The summed E-state index contributed by atoms with van der Waals surface area (Å²) >= 11 is 0. The largest absolute Gasteiger partial charge is 0.497 e. The molecule has 0 amide bonds. The van der Waals surface area contributed by atoms with Crippen LogP contribution in [0.1, 0.15) is 36.9 Å². The molecule has 2 aliphatic heterocycles. The van der Waals surface area contributed by atoms with Crippen LogP contribution < -0.4 is 14.4 Å². The van der Waals surface area contributed by atoms with Gasteiger partial charge in [-0.2, -0.15) is 0 Å². The molecule has 3 heterocycles. The Bertz CT molecular complexity index is 820. The van der Waals surface area contributed by atoms with Crippen LogP contribution in [0, 0.1) is 0 Å². The second-order valence-electron chi connectivity index (χ2n) is 8.02. The van der Waals surface area contributed by atoms with E-state index >= 15 is 0 Å². The summed E-state index contributed by atoms with van der Waals surface area (Å²) in [5, 5.41) is 0. The summed E-state index contributed by atoms with van der Waals surface area (Å²) in [6.07, 6.45) is 6.84. The summed E-state index contributed by atoms with van der Waals surface area (Å²) in [6.45, 7) is 5.34. The fourth-order valence-corrected chi connectivity index (χ4v) is 4.26. The van der Waals surface area contributed by atoms with E-state index in [-0.39, 0.29) is 6.10 Å². The number of hydrogen-bond acceptors (Lipinski definition) is 7. The first-order valence-corrected chi connectivity index (χ1v) is 10.9. The van der Waals surface area contributed by atoms with Crippen molar-refractivity contribution in [3.63, 3.8) is 0 Å². The lowest BCUT2D eigenvalue weighted by Gasteiger charge is -2.26. The smallest absolute Gasteiger partial charge is 0.225 e. The number of anilines is 1. The maximum Gasteiger partial charge on any atom is 0.225 e. The third-order valence-corrected chi connectivity index (χ3v) is 5.85. The van der Waals surface area contributed by atoms with Gasteiger partial charge in [0.1, 0.15) is 11.5 Å². The molecule has 0 radical (unpaired) electrons. The van der Waals surface area contributed by atoms with E-state index in [9.17, 15) is 0 Å². The van der Waals surface area contributed by atoms with E-state index in [1.54, 1.807) is 14.2 Å². The lowest BCUT2D eigenvalue weighted by Crippen LogP contribution is -2.32. The van der Waals surface area contributed by atoms with Crippen molar-refractivity contribution in [3.05, 3.63) is 41.7 Å². The van der Waals surface area contributed by atoms with Crippen LogP contribution in [-0.4, -0.2) is 61.4 Å². The minimum atomic E-state index is 0.272. The van der Waals surface area contributed by atoms with E-state index in [4.69, 9.17) is 19.2 Å². The lowest BCUT2D eigenvalue weighted by atomic mass is 10.1. The molecule has 0 saturated carbocycles. The molecule has 2 saturated heterocycles. The van der Waals surface area contributed by atoms with Crippen molar-refractivity contribution in [1.82, 2.24) is 14.9 Å².